The molecule has 116 valence electrons. The standard InChI is InChI=1S/C15H22N2O3S/c1-3-12-10-15(6-4-7-15)11-17(12)21(18,19)13-5-8-16-14(9-13)20-2/h5,8-9,12H,3-4,6-7,10-11H2,1-2H3. The number of sulfonamides is 1. The number of rotatable bonds is 4. The van der Waals surface area contributed by atoms with Crippen LogP contribution in [-0.2, 0) is 10.0 Å². The molecule has 1 aliphatic heterocycles. The van der Waals surface area contributed by atoms with Gasteiger partial charge in [-0.3, -0.25) is 0 Å². The Kier molecular flexibility index (Phi) is 3.69. The van der Waals surface area contributed by atoms with Crippen molar-refractivity contribution in [1.82, 2.24) is 9.29 Å². The smallest absolute Gasteiger partial charge is 0.243 e. The third kappa shape index (κ3) is 2.44. The molecule has 2 aliphatic rings. The summed E-state index contributed by atoms with van der Waals surface area (Å²) in [6, 6.07) is 3.18. The van der Waals surface area contributed by atoms with Gasteiger partial charge in [0.25, 0.3) is 0 Å². The predicted octanol–water partition coefficient (Wildman–Crippen LogP) is 2.43. The van der Waals surface area contributed by atoms with Gasteiger partial charge in [0, 0.05) is 24.8 Å². The van der Waals surface area contributed by atoms with E-state index in [4.69, 9.17) is 4.74 Å². The summed E-state index contributed by atoms with van der Waals surface area (Å²) in [4.78, 5) is 4.27. The summed E-state index contributed by atoms with van der Waals surface area (Å²) in [7, 11) is -1.97. The maximum absolute atomic E-state index is 12.9. The van der Waals surface area contributed by atoms with E-state index in [1.165, 1.54) is 25.8 Å². The Morgan fingerprint density at radius 3 is 2.81 bits per heavy atom. The molecule has 0 aromatic carbocycles. The van der Waals surface area contributed by atoms with Crippen LogP contribution in [0.15, 0.2) is 23.2 Å². The molecule has 0 N–H and O–H groups in total. The molecule has 1 saturated carbocycles. The third-order valence-corrected chi connectivity index (χ3v) is 6.87. The normalized spacial score (nSPS) is 25.0. The van der Waals surface area contributed by atoms with Crippen molar-refractivity contribution in [1.29, 1.82) is 0 Å². The summed E-state index contributed by atoms with van der Waals surface area (Å²) >= 11 is 0. The fourth-order valence-corrected chi connectivity index (χ4v) is 5.41. The van der Waals surface area contributed by atoms with Gasteiger partial charge >= 0.3 is 0 Å². The van der Waals surface area contributed by atoms with Crippen molar-refractivity contribution in [2.24, 2.45) is 5.41 Å². The largest absolute Gasteiger partial charge is 0.481 e. The van der Waals surface area contributed by atoms with Gasteiger partial charge in [0.15, 0.2) is 0 Å². The molecule has 0 bridgehead atoms. The molecular weight excluding hydrogens is 288 g/mol. The molecule has 0 amide bonds. The number of pyridine rings is 1. The van der Waals surface area contributed by atoms with E-state index in [1.54, 1.807) is 10.4 Å². The summed E-state index contributed by atoms with van der Waals surface area (Å²) in [5.41, 5.74) is 0.241. The SMILES string of the molecule is CCC1CC2(CCC2)CN1S(=O)(=O)c1ccnc(OC)c1. The van der Waals surface area contributed by atoms with E-state index in [1.807, 2.05) is 0 Å². The highest BCUT2D eigenvalue weighted by Crippen LogP contribution is 2.52. The quantitative estimate of drug-likeness (QED) is 0.857. The van der Waals surface area contributed by atoms with Gasteiger partial charge in [0.1, 0.15) is 0 Å². The van der Waals surface area contributed by atoms with E-state index >= 15 is 0 Å². The Morgan fingerprint density at radius 1 is 1.48 bits per heavy atom. The number of methoxy groups -OCH3 is 1. The maximum atomic E-state index is 12.9. The first kappa shape index (κ1) is 14.8. The van der Waals surface area contributed by atoms with Crippen molar-refractivity contribution < 1.29 is 13.2 Å². The minimum absolute atomic E-state index is 0.120. The Labute approximate surface area is 126 Å². The van der Waals surface area contributed by atoms with E-state index in [-0.39, 0.29) is 16.4 Å². The second-order valence-electron chi connectivity index (χ2n) is 6.20. The van der Waals surface area contributed by atoms with E-state index < -0.39 is 10.0 Å². The first-order valence-electron chi connectivity index (χ1n) is 7.53. The number of hydrogen-bond acceptors (Lipinski definition) is 4. The molecule has 3 rings (SSSR count). The number of nitrogens with zero attached hydrogens (tertiary/aromatic N) is 2. The maximum Gasteiger partial charge on any atom is 0.243 e. The Bertz CT molecular complexity index is 626. The summed E-state index contributed by atoms with van der Waals surface area (Å²) < 4.78 is 32.6. The fourth-order valence-electron chi connectivity index (χ4n) is 3.59. The molecule has 1 aromatic heterocycles. The molecular formula is C15H22N2O3S. The van der Waals surface area contributed by atoms with Gasteiger partial charge in [-0.1, -0.05) is 13.3 Å². The van der Waals surface area contributed by atoms with Gasteiger partial charge in [-0.05, 0) is 37.2 Å². The zero-order valence-corrected chi connectivity index (χ0v) is 13.4. The summed E-state index contributed by atoms with van der Waals surface area (Å²) in [5.74, 6) is 0.335. The molecule has 1 aromatic rings. The van der Waals surface area contributed by atoms with Gasteiger partial charge in [-0.25, -0.2) is 13.4 Å². The minimum Gasteiger partial charge on any atom is -0.481 e. The van der Waals surface area contributed by atoms with Crippen LogP contribution in [0.3, 0.4) is 0 Å². The number of hydrogen-bond donors (Lipinski definition) is 0. The van der Waals surface area contributed by atoms with Gasteiger partial charge < -0.3 is 4.74 Å². The molecule has 6 heteroatoms. The van der Waals surface area contributed by atoms with Gasteiger partial charge in [0.2, 0.25) is 15.9 Å². The van der Waals surface area contributed by atoms with Crippen LogP contribution in [0, 0.1) is 5.41 Å². The highest BCUT2D eigenvalue weighted by atomic mass is 32.2. The second-order valence-corrected chi connectivity index (χ2v) is 8.09. The summed E-state index contributed by atoms with van der Waals surface area (Å²) in [6.07, 6.45) is 6.91. The second kappa shape index (κ2) is 5.25. The zero-order valence-electron chi connectivity index (χ0n) is 12.6. The monoisotopic (exact) mass is 310 g/mol. The molecule has 5 nitrogen and oxygen atoms in total. The highest BCUT2D eigenvalue weighted by molar-refractivity contribution is 7.89. The topological polar surface area (TPSA) is 59.5 Å². The highest BCUT2D eigenvalue weighted by Gasteiger charge is 2.50. The lowest BCUT2D eigenvalue weighted by Crippen LogP contribution is -2.38. The van der Waals surface area contributed by atoms with Crippen LogP contribution >= 0.6 is 0 Å². The van der Waals surface area contributed by atoms with Crippen LogP contribution in [0.25, 0.3) is 0 Å². The summed E-state index contributed by atoms with van der Waals surface area (Å²) in [6.45, 7) is 2.73. The molecule has 0 radical (unpaired) electrons. The lowest BCUT2D eigenvalue weighted by atomic mass is 9.67. The van der Waals surface area contributed by atoms with E-state index in [9.17, 15) is 8.42 Å². The molecule has 1 atom stereocenters. The third-order valence-electron chi connectivity index (χ3n) is 4.97. The Hall–Kier alpha value is -1.14. The van der Waals surface area contributed by atoms with Crippen LogP contribution < -0.4 is 4.74 Å². The van der Waals surface area contributed by atoms with E-state index in [0.29, 0.717) is 12.4 Å². The molecule has 1 saturated heterocycles. The summed E-state index contributed by atoms with van der Waals surface area (Å²) in [5, 5.41) is 0. The molecule has 2 fully saturated rings. The Morgan fingerprint density at radius 2 is 2.24 bits per heavy atom. The van der Waals surface area contributed by atoms with Crippen LogP contribution in [0.1, 0.15) is 39.0 Å². The van der Waals surface area contributed by atoms with Crippen molar-refractivity contribution in [3.05, 3.63) is 18.3 Å². The predicted molar refractivity (Wildman–Crippen MR) is 79.7 cm³/mol. The van der Waals surface area contributed by atoms with Gasteiger partial charge in [0.05, 0.1) is 12.0 Å². The first-order valence-corrected chi connectivity index (χ1v) is 8.97. The minimum atomic E-state index is -3.47. The van der Waals surface area contributed by atoms with Crippen LogP contribution in [0.2, 0.25) is 0 Å². The van der Waals surface area contributed by atoms with Crippen LogP contribution in [-0.4, -0.2) is 37.4 Å². The van der Waals surface area contributed by atoms with Crippen molar-refractivity contribution in [3.63, 3.8) is 0 Å². The van der Waals surface area contributed by atoms with Crippen LogP contribution in [0.4, 0.5) is 0 Å². The lowest BCUT2D eigenvalue weighted by Gasteiger charge is -2.38. The number of ether oxygens (including phenoxy) is 1. The van der Waals surface area contributed by atoms with E-state index in [0.717, 1.165) is 25.7 Å². The lowest BCUT2D eigenvalue weighted by molar-refractivity contribution is 0.152. The molecule has 21 heavy (non-hydrogen) atoms. The van der Waals surface area contributed by atoms with Gasteiger partial charge in [-0.2, -0.15) is 4.31 Å². The Balaban J connectivity index is 1.93. The van der Waals surface area contributed by atoms with Crippen molar-refractivity contribution in [3.8, 4) is 5.88 Å². The zero-order chi connectivity index (χ0) is 15.1. The van der Waals surface area contributed by atoms with Crippen molar-refractivity contribution >= 4 is 10.0 Å². The van der Waals surface area contributed by atoms with Crippen LogP contribution in [0.5, 0.6) is 5.88 Å². The van der Waals surface area contributed by atoms with Crippen molar-refractivity contribution in [2.45, 2.75) is 50.0 Å². The fraction of sp³-hybridized carbons (Fsp3) is 0.667. The molecule has 1 aliphatic carbocycles. The van der Waals surface area contributed by atoms with Crippen molar-refractivity contribution in [2.75, 3.05) is 13.7 Å². The molecule has 1 spiro atoms. The van der Waals surface area contributed by atoms with E-state index in [2.05, 4.69) is 11.9 Å². The average Bonchev–Trinajstić information content (AvgIpc) is 2.88. The van der Waals surface area contributed by atoms with Gasteiger partial charge in [-0.15, -0.1) is 0 Å². The number of aromatic nitrogens is 1. The first-order chi connectivity index (χ1) is 10.0. The molecule has 1 unspecified atom stereocenters. The average molecular weight is 310 g/mol. The molecule has 2 heterocycles.